The monoisotopic (exact) mass is 361 g/mol. The normalized spacial score (nSPS) is 12.5. The lowest BCUT2D eigenvalue weighted by atomic mass is 10.1. The average molecular weight is 361 g/mol. The molecule has 0 amide bonds. The van der Waals surface area contributed by atoms with E-state index in [1.54, 1.807) is 11.3 Å². The summed E-state index contributed by atoms with van der Waals surface area (Å²) in [5, 5.41) is 4.31. The van der Waals surface area contributed by atoms with Crippen LogP contribution in [-0.4, -0.2) is 16.8 Å². The van der Waals surface area contributed by atoms with Crippen LogP contribution in [0.3, 0.4) is 0 Å². The van der Waals surface area contributed by atoms with Gasteiger partial charge in [-0.15, -0.1) is 0 Å². The van der Waals surface area contributed by atoms with Crippen molar-refractivity contribution in [2.24, 2.45) is 0 Å². The Kier molecular flexibility index (Phi) is 3.68. The summed E-state index contributed by atoms with van der Waals surface area (Å²) in [5.74, 6) is 1.60. The van der Waals surface area contributed by atoms with Crippen molar-refractivity contribution in [3.05, 3.63) is 66.5 Å². The van der Waals surface area contributed by atoms with Gasteiger partial charge in [-0.1, -0.05) is 23.5 Å². The maximum absolute atomic E-state index is 5.43. The van der Waals surface area contributed by atoms with Crippen molar-refractivity contribution in [3.63, 3.8) is 0 Å². The third-order valence-corrected chi connectivity index (χ3v) is 5.26. The molecule has 1 aliphatic rings. The fraction of sp³-hybridized carbons (Fsp3) is 0.100. The van der Waals surface area contributed by atoms with E-state index in [-0.39, 0.29) is 0 Å². The first-order valence-corrected chi connectivity index (χ1v) is 9.10. The molecular weight excluding hydrogens is 346 g/mol. The zero-order valence-electron chi connectivity index (χ0n) is 13.8. The molecule has 0 radical (unpaired) electrons. The smallest absolute Gasteiger partial charge is 0.231 e. The lowest BCUT2D eigenvalue weighted by Crippen LogP contribution is -1.98. The maximum Gasteiger partial charge on any atom is 0.231 e. The van der Waals surface area contributed by atoms with E-state index in [2.05, 4.69) is 33.5 Å². The molecule has 26 heavy (non-hydrogen) atoms. The number of aromatic nitrogens is 2. The number of anilines is 1. The Morgan fingerprint density at radius 3 is 2.73 bits per heavy atom. The number of thiazole rings is 1. The van der Waals surface area contributed by atoms with Gasteiger partial charge in [-0.25, -0.2) is 4.98 Å². The molecule has 0 atom stereocenters. The van der Waals surface area contributed by atoms with Crippen molar-refractivity contribution in [3.8, 4) is 22.6 Å². The van der Waals surface area contributed by atoms with Crippen molar-refractivity contribution in [2.75, 3.05) is 12.1 Å². The van der Waals surface area contributed by atoms with E-state index < -0.39 is 0 Å². The van der Waals surface area contributed by atoms with Crippen LogP contribution in [0.4, 0.5) is 5.13 Å². The average Bonchev–Trinajstić information content (AvgIpc) is 3.32. The van der Waals surface area contributed by atoms with Gasteiger partial charge in [-0.3, -0.25) is 4.98 Å². The minimum absolute atomic E-state index is 0.296. The van der Waals surface area contributed by atoms with Gasteiger partial charge in [-0.2, -0.15) is 0 Å². The number of fused-ring (bicyclic) bond motifs is 2. The van der Waals surface area contributed by atoms with E-state index in [4.69, 9.17) is 9.47 Å². The van der Waals surface area contributed by atoms with Gasteiger partial charge < -0.3 is 14.8 Å². The van der Waals surface area contributed by atoms with Gasteiger partial charge in [0.2, 0.25) is 6.79 Å². The molecule has 4 aromatic rings. The Hall–Kier alpha value is -3.12. The van der Waals surface area contributed by atoms with Crippen LogP contribution in [0.5, 0.6) is 11.5 Å². The Bertz CT molecular complexity index is 1080. The van der Waals surface area contributed by atoms with Gasteiger partial charge in [0.25, 0.3) is 0 Å². The van der Waals surface area contributed by atoms with E-state index in [1.165, 1.54) is 5.56 Å². The molecule has 3 heterocycles. The molecular formula is C20H15N3O2S. The summed E-state index contributed by atoms with van der Waals surface area (Å²) in [6.45, 7) is 0.984. The van der Waals surface area contributed by atoms with Crippen LogP contribution in [0.1, 0.15) is 5.56 Å². The first-order valence-electron chi connectivity index (χ1n) is 8.28. The molecule has 5 nitrogen and oxygen atoms in total. The molecule has 0 bridgehead atoms. The van der Waals surface area contributed by atoms with Gasteiger partial charge >= 0.3 is 0 Å². The summed E-state index contributed by atoms with van der Waals surface area (Å²) < 4.78 is 11.9. The molecule has 2 aromatic heterocycles. The molecule has 2 aromatic carbocycles. The summed E-state index contributed by atoms with van der Waals surface area (Å²) >= 11 is 1.66. The Labute approximate surface area is 154 Å². The second kappa shape index (κ2) is 6.31. The predicted octanol–water partition coefficient (Wildman–Crippen LogP) is 4.70. The Morgan fingerprint density at radius 2 is 1.81 bits per heavy atom. The van der Waals surface area contributed by atoms with Crippen molar-refractivity contribution in [1.82, 2.24) is 9.97 Å². The largest absolute Gasteiger partial charge is 0.454 e. The van der Waals surface area contributed by atoms with E-state index in [0.717, 1.165) is 38.0 Å². The van der Waals surface area contributed by atoms with Crippen LogP contribution in [-0.2, 0) is 6.54 Å². The second-order valence-corrected chi connectivity index (χ2v) is 7.01. The highest BCUT2D eigenvalue weighted by Crippen LogP contribution is 2.33. The van der Waals surface area contributed by atoms with Gasteiger partial charge in [0, 0.05) is 18.9 Å². The molecule has 5 rings (SSSR count). The third kappa shape index (κ3) is 2.84. The molecule has 0 spiro atoms. The first-order chi connectivity index (χ1) is 12.8. The summed E-state index contributed by atoms with van der Waals surface area (Å²) in [6.07, 6.45) is 3.62. The molecule has 0 saturated heterocycles. The summed E-state index contributed by atoms with van der Waals surface area (Å²) in [5.41, 5.74) is 4.46. The number of ether oxygens (including phenoxy) is 2. The van der Waals surface area contributed by atoms with Crippen molar-refractivity contribution >= 4 is 26.7 Å². The SMILES string of the molecule is c1cc(-c2ccc3nc(NCc4ccc5c(c4)OCO5)sc3c2)ccn1. The van der Waals surface area contributed by atoms with Crippen LogP contribution in [0, 0.1) is 0 Å². The molecule has 1 N–H and O–H groups in total. The quantitative estimate of drug-likeness (QED) is 0.571. The number of rotatable bonds is 4. The summed E-state index contributed by atoms with van der Waals surface area (Å²) in [4.78, 5) is 8.75. The molecule has 1 aliphatic heterocycles. The highest BCUT2D eigenvalue weighted by Gasteiger charge is 2.13. The standard InChI is InChI=1S/C20H15N3O2S/c1-4-17-18(25-12-24-17)9-13(1)11-22-20-23-16-3-2-15(10-19(16)26-20)14-5-7-21-8-6-14/h1-10H,11-12H2,(H,22,23). The van der Waals surface area contributed by atoms with Gasteiger partial charge in [0.15, 0.2) is 16.6 Å². The fourth-order valence-electron chi connectivity index (χ4n) is 2.95. The number of nitrogens with one attached hydrogen (secondary N) is 1. The number of hydrogen-bond acceptors (Lipinski definition) is 6. The minimum atomic E-state index is 0.296. The van der Waals surface area contributed by atoms with Gasteiger partial charge in [-0.05, 0) is 53.1 Å². The van der Waals surface area contributed by atoms with Crippen molar-refractivity contribution in [2.45, 2.75) is 6.54 Å². The molecule has 128 valence electrons. The Balaban J connectivity index is 1.36. The van der Waals surface area contributed by atoms with Gasteiger partial charge in [0.1, 0.15) is 0 Å². The second-order valence-electron chi connectivity index (χ2n) is 5.98. The van der Waals surface area contributed by atoms with Crippen LogP contribution >= 0.6 is 11.3 Å². The summed E-state index contributed by atoms with van der Waals surface area (Å²) in [6, 6.07) is 16.3. The lowest BCUT2D eigenvalue weighted by molar-refractivity contribution is 0.174. The van der Waals surface area contributed by atoms with Crippen LogP contribution in [0.2, 0.25) is 0 Å². The van der Waals surface area contributed by atoms with Crippen molar-refractivity contribution < 1.29 is 9.47 Å². The number of hydrogen-bond donors (Lipinski definition) is 1. The highest BCUT2D eigenvalue weighted by atomic mass is 32.1. The van der Waals surface area contributed by atoms with Gasteiger partial charge in [0.05, 0.1) is 10.2 Å². The zero-order chi connectivity index (χ0) is 17.3. The lowest BCUT2D eigenvalue weighted by Gasteiger charge is -2.04. The zero-order valence-corrected chi connectivity index (χ0v) is 14.6. The van der Waals surface area contributed by atoms with Crippen LogP contribution in [0.25, 0.3) is 21.3 Å². The van der Waals surface area contributed by atoms with E-state index in [0.29, 0.717) is 13.3 Å². The molecule has 6 heteroatoms. The van der Waals surface area contributed by atoms with E-state index in [9.17, 15) is 0 Å². The Morgan fingerprint density at radius 1 is 0.923 bits per heavy atom. The molecule has 0 aliphatic carbocycles. The number of nitrogens with zero attached hydrogens (tertiary/aromatic N) is 2. The predicted molar refractivity (Wildman–Crippen MR) is 103 cm³/mol. The highest BCUT2D eigenvalue weighted by molar-refractivity contribution is 7.22. The minimum Gasteiger partial charge on any atom is -0.454 e. The number of pyridine rings is 1. The van der Waals surface area contributed by atoms with Crippen LogP contribution < -0.4 is 14.8 Å². The van der Waals surface area contributed by atoms with E-state index in [1.807, 2.05) is 42.7 Å². The molecule has 0 fully saturated rings. The van der Waals surface area contributed by atoms with E-state index >= 15 is 0 Å². The fourth-order valence-corrected chi connectivity index (χ4v) is 3.85. The van der Waals surface area contributed by atoms with Crippen molar-refractivity contribution in [1.29, 1.82) is 0 Å². The maximum atomic E-state index is 5.43. The summed E-state index contributed by atoms with van der Waals surface area (Å²) in [7, 11) is 0. The number of benzene rings is 2. The first kappa shape index (κ1) is 15.2. The van der Waals surface area contributed by atoms with Crippen LogP contribution in [0.15, 0.2) is 60.9 Å². The molecule has 0 saturated carbocycles. The third-order valence-electron chi connectivity index (χ3n) is 4.28. The molecule has 0 unspecified atom stereocenters. The topological polar surface area (TPSA) is 56.3 Å².